The van der Waals surface area contributed by atoms with Crippen molar-refractivity contribution in [3.63, 3.8) is 0 Å². The van der Waals surface area contributed by atoms with Crippen molar-refractivity contribution in [3.05, 3.63) is 69.7 Å². The molecule has 0 unspecified atom stereocenters. The Hall–Kier alpha value is -2.95. The number of amides is 2. The van der Waals surface area contributed by atoms with Gasteiger partial charge in [0.15, 0.2) is 0 Å². The molecule has 0 saturated carbocycles. The molecule has 1 aliphatic heterocycles. The van der Waals surface area contributed by atoms with Crippen LogP contribution >= 0.6 is 23.4 Å². The number of carbonyl (C=O) groups is 2. The Morgan fingerprint density at radius 1 is 1.28 bits per heavy atom. The zero-order valence-electron chi connectivity index (χ0n) is 15.8. The number of benzene rings is 2. The zero-order chi connectivity index (χ0) is 21.0. The second kappa shape index (κ2) is 9.03. The van der Waals surface area contributed by atoms with E-state index in [1.165, 1.54) is 23.7 Å². The van der Waals surface area contributed by atoms with Crippen LogP contribution in [0.3, 0.4) is 0 Å². The van der Waals surface area contributed by atoms with Crippen LogP contribution in [-0.2, 0) is 16.0 Å². The highest BCUT2D eigenvalue weighted by molar-refractivity contribution is 8.05. The largest absolute Gasteiger partial charge is 0.497 e. The van der Waals surface area contributed by atoms with E-state index in [1.54, 1.807) is 31.4 Å². The van der Waals surface area contributed by atoms with Crippen LogP contribution in [0.25, 0.3) is 0 Å². The van der Waals surface area contributed by atoms with Crippen molar-refractivity contribution in [3.8, 4) is 11.8 Å². The topological polar surface area (TPSA) is 82.4 Å². The van der Waals surface area contributed by atoms with E-state index in [0.717, 1.165) is 11.3 Å². The monoisotopic (exact) mass is 427 g/mol. The van der Waals surface area contributed by atoms with E-state index in [1.807, 2.05) is 30.3 Å². The Balaban J connectivity index is 2.03. The van der Waals surface area contributed by atoms with Crippen LogP contribution in [0.4, 0.5) is 5.69 Å². The number of carbonyl (C=O) groups excluding carboxylic acids is 2. The molecule has 1 aliphatic rings. The molecule has 0 aliphatic carbocycles. The predicted octanol–water partition coefficient (Wildman–Crippen LogP) is 3.52. The summed E-state index contributed by atoms with van der Waals surface area (Å²) >= 11 is 7.51. The lowest BCUT2D eigenvalue weighted by atomic mass is 10.1. The molecule has 6 nitrogen and oxygen atoms in total. The van der Waals surface area contributed by atoms with Crippen molar-refractivity contribution >= 4 is 40.9 Å². The minimum Gasteiger partial charge on any atom is -0.497 e. The Morgan fingerprint density at radius 2 is 1.97 bits per heavy atom. The molecule has 29 heavy (non-hydrogen) atoms. The van der Waals surface area contributed by atoms with E-state index in [0.29, 0.717) is 17.1 Å². The highest BCUT2D eigenvalue weighted by Gasteiger charge is 2.41. The number of nitriles is 1. The molecule has 1 heterocycles. The third kappa shape index (κ3) is 4.24. The summed E-state index contributed by atoms with van der Waals surface area (Å²) in [6.45, 7) is 0. The number of likely N-dealkylation sites (N-methyl/N-ethyl adjacent to an activating group) is 1. The van der Waals surface area contributed by atoms with Gasteiger partial charge >= 0.3 is 0 Å². The summed E-state index contributed by atoms with van der Waals surface area (Å²) in [5.41, 5.74) is 1.26. The summed E-state index contributed by atoms with van der Waals surface area (Å²) in [6.07, 6.45) is 0.435. The van der Waals surface area contributed by atoms with E-state index in [-0.39, 0.29) is 16.5 Å². The number of nitrogens with one attached hydrogen (secondary N) is 1. The molecule has 8 heteroatoms. The van der Waals surface area contributed by atoms with Crippen LogP contribution < -0.4 is 15.0 Å². The summed E-state index contributed by atoms with van der Waals surface area (Å²) in [4.78, 5) is 26.9. The molecule has 0 aromatic heterocycles. The van der Waals surface area contributed by atoms with Gasteiger partial charge in [0.2, 0.25) is 5.91 Å². The van der Waals surface area contributed by atoms with E-state index in [4.69, 9.17) is 16.3 Å². The molecule has 1 N–H and O–H groups in total. The number of ether oxygens (including phenoxy) is 1. The molecular formula is C21H18ClN3O3S. The predicted molar refractivity (Wildman–Crippen MR) is 114 cm³/mol. The van der Waals surface area contributed by atoms with Gasteiger partial charge in [-0.25, -0.2) is 0 Å². The van der Waals surface area contributed by atoms with Gasteiger partial charge in [-0.05, 0) is 36.2 Å². The third-order valence-electron chi connectivity index (χ3n) is 4.41. The van der Waals surface area contributed by atoms with Gasteiger partial charge in [-0.2, -0.15) is 5.26 Å². The first kappa shape index (κ1) is 20.8. The smallest absolute Gasteiger partial charge is 0.264 e. The maximum Gasteiger partial charge on any atom is 0.264 e. The average molecular weight is 428 g/mol. The fourth-order valence-electron chi connectivity index (χ4n) is 2.94. The van der Waals surface area contributed by atoms with E-state index in [2.05, 4.69) is 5.32 Å². The Bertz CT molecular complexity index is 1010. The second-order valence-electron chi connectivity index (χ2n) is 6.15. The summed E-state index contributed by atoms with van der Waals surface area (Å²) in [5, 5.41) is 12.2. The molecule has 1 atom stereocenters. The van der Waals surface area contributed by atoms with Gasteiger partial charge in [0, 0.05) is 7.05 Å². The molecule has 148 valence electrons. The molecule has 0 spiro atoms. The summed E-state index contributed by atoms with van der Waals surface area (Å²) < 4.78 is 5.17. The minimum atomic E-state index is -0.551. The number of methoxy groups -OCH3 is 1. The normalized spacial score (nSPS) is 17.7. The second-order valence-corrected chi connectivity index (χ2v) is 7.75. The molecular weight excluding hydrogens is 410 g/mol. The van der Waals surface area contributed by atoms with Crippen molar-refractivity contribution < 1.29 is 14.3 Å². The van der Waals surface area contributed by atoms with Crippen molar-refractivity contribution in [2.75, 3.05) is 19.1 Å². The van der Waals surface area contributed by atoms with E-state index >= 15 is 0 Å². The number of rotatable bonds is 5. The Labute approximate surface area is 178 Å². The zero-order valence-corrected chi connectivity index (χ0v) is 17.4. The standard InChI is InChI=1S/C21H18ClN3O3S/c1-24-19(26)15(12-23)21-25(17-6-4-3-5-16(17)22)20(27)18(29-21)11-13-7-9-14(28-2)10-8-13/h3-10,18H,11H2,1-2H3,(H,24,26)/b21-15+/t18-/m1/s1. The fraction of sp³-hybridized carbons (Fsp3) is 0.190. The van der Waals surface area contributed by atoms with Crippen molar-refractivity contribution in [2.45, 2.75) is 11.7 Å². The molecule has 1 saturated heterocycles. The van der Waals surface area contributed by atoms with Crippen LogP contribution in [0.5, 0.6) is 5.75 Å². The number of para-hydroxylation sites is 1. The highest BCUT2D eigenvalue weighted by Crippen LogP contribution is 2.43. The van der Waals surface area contributed by atoms with Gasteiger partial charge in [0.1, 0.15) is 22.4 Å². The number of halogens is 1. The van der Waals surface area contributed by atoms with Crippen molar-refractivity contribution in [1.29, 1.82) is 5.26 Å². The molecule has 2 aromatic rings. The quantitative estimate of drug-likeness (QED) is 0.583. The Kier molecular flexibility index (Phi) is 6.47. The van der Waals surface area contributed by atoms with Gasteiger partial charge in [-0.1, -0.05) is 47.6 Å². The number of hydrogen-bond donors (Lipinski definition) is 1. The van der Waals surface area contributed by atoms with Crippen molar-refractivity contribution in [1.82, 2.24) is 5.32 Å². The van der Waals surface area contributed by atoms with Gasteiger partial charge in [0.05, 0.1) is 23.1 Å². The molecule has 3 rings (SSSR count). The minimum absolute atomic E-state index is 0.122. The number of nitrogens with zero attached hydrogens (tertiary/aromatic N) is 2. The first-order valence-electron chi connectivity index (χ1n) is 8.74. The molecule has 1 fully saturated rings. The lowest BCUT2D eigenvalue weighted by Crippen LogP contribution is -2.31. The van der Waals surface area contributed by atoms with Gasteiger partial charge in [-0.3, -0.25) is 14.5 Å². The highest BCUT2D eigenvalue weighted by atomic mass is 35.5. The third-order valence-corrected chi connectivity index (χ3v) is 5.99. The van der Waals surface area contributed by atoms with E-state index in [9.17, 15) is 14.9 Å². The summed E-state index contributed by atoms with van der Waals surface area (Å²) in [7, 11) is 3.03. The number of thioether (sulfide) groups is 1. The maximum absolute atomic E-state index is 13.3. The lowest BCUT2D eigenvalue weighted by Gasteiger charge is -2.19. The Morgan fingerprint density at radius 3 is 2.55 bits per heavy atom. The van der Waals surface area contributed by atoms with Crippen LogP contribution in [-0.4, -0.2) is 31.2 Å². The number of hydrogen-bond acceptors (Lipinski definition) is 5. The van der Waals surface area contributed by atoms with Gasteiger partial charge in [-0.15, -0.1) is 0 Å². The van der Waals surface area contributed by atoms with Crippen LogP contribution in [0.15, 0.2) is 59.1 Å². The SMILES string of the molecule is CNC(=O)/C(C#N)=C1/S[C@H](Cc2ccc(OC)cc2)C(=O)N1c1ccccc1Cl. The fourth-order valence-corrected chi connectivity index (χ4v) is 4.46. The van der Waals surface area contributed by atoms with Crippen molar-refractivity contribution in [2.24, 2.45) is 0 Å². The van der Waals surface area contributed by atoms with Gasteiger partial charge in [0.25, 0.3) is 5.91 Å². The first-order chi connectivity index (χ1) is 14.0. The van der Waals surface area contributed by atoms with Crippen LogP contribution in [0, 0.1) is 11.3 Å². The number of anilines is 1. The maximum atomic E-state index is 13.3. The summed E-state index contributed by atoms with van der Waals surface area (Å²) in [5.74, 6) is -0.0562. The summed E-state index contributed by atoms with van der Waals surface area (Å²) in [6, 6.07) is 16.2. The average Bonchev–Trinajstić information content (AvgIpc) is 3.05. The van der Waals surface area contributed by atoms with Gasteiger partial charge < -0.3 is 10.1 Å². The lowest BCUT2D eigenvalue weighted by molar-refractivity contribution is -0.117. The van der Waals surface area contributed by atoms with Crippen LogP contribution in [0.1, 0.15) is 5.56 Å². The van der Waals surface area contributed by atoms with Crippen LogP contribution in [0.2, 0.25) is 5.02 Å². The van der Waals surface area contributed by atoms with E-state index < -0.39 is 11.2 Å². The molecule has 2 amide bonds. The molecule has 0 radical (unpaired) electrons. The first-order valence-corrected chi connectivity index (χ1v) is 10.0. The molecule has 2 aromatic carbocycles. The molecule has 0 bridgehead atoms.